The maximum Gasteiger partial charge on any atom is 0.270 e. The van der Waals surface area contributed by atoms with Gasteiger partial charge in [-0.25, -0.2) is 9.37 Å². The molecule has 3 aromatic rings. The van der Waals surface area contributed by atoms with Crippen LogP contribution in [-0.4, -0.2) is 73.8 Å². The lowest BCUT2D eigenvalue weighted by Gasteiger charge is -2.14. The molecule has 1 aliphatic heterocycles. The number of nitrogens with one attached hydrogen (secondary N) is 1. The van der Waals surface area contributed by atoms with E-state index >= 15 is 0 Å². The summed E-state index contributed by atoms with van der Waals surface area (Å²) in [5.74, 6) is -0.530. The van der Waals surface area contributed by atoms with Crippen molar-refractivity contribution < 1.29 is 23.8 Å². The Balaban J connectivity index is 1.41. The largest absolute Gasteiger partial charge is 0.494 e. The molecule has 2 amide bonds. The number of likely N-dealkylation sites (tertiary alicyclic amines) is 1. The molecule has 2 N–H and O–H groups in total. The number of aromatic nitrogens is 5. The van der Waals surface area contributed by atoms with Gasteiger partial charge in [0.15, 0.2) is 11.6 Å². The zero-order chi connectivity index (χ0) is 24.9. The highest BCUT2D eigenvalue weighted by molar-refractivity contribution is 5.93. The van der Waals surface area contributed by atoms with Gasteiger partial charge in [-0.2, -0.15) is 4.80 Å². The number of pyridine rings is 1. The smallest absolute Gasteiger partial charge is 0.270 e. The van der Waals surface area contributed by atoms with Crippen LogP contribution < -0.4 is 10.1 Å². The number of methoxy groups -OCH3 is 1. The molecule has 1 aromatic carbocycles. The topological polar surface area (TPSA) is 135 Å². The molecular formula is C23H26FN7O4. The Morgan fingerprint density at radius 2 is 2.11 bits per heavy atom. The third-order valence-corrected chi connectivity index (χ3v) is 5.76. The Morgan fingerprint density at radius 3 is 2.89 bits per heavy atom. The van der Waals surface area contributed by atoms with Crippen molar-refractivity contribution in [1.29, 1.82) is 0 Å². The first-order valence-electron chi connectivity index (χ1n) is 11.1. The number of aliphatic hydroxyl groups is 1. The monoisotopic (exact) mass is 483 g/mol. The van der Waals surface area contributed by atoms with Crippen LogP contribution >= 0.6 is 0 Å². The maximum atomic E-state index is 13.6. The normalized spacial score (nSPS) is 15.3. The van der Waals surface area contributed by atoms with E-state index < -0.39 is 18.3 Å². The van der Waals surface area contributed by atoms with Crippen LogP contribution in [-0.2, 0) is 17.9 Å². The van der Waals surface area contributed by atoms with Crippen LogP contribution in [0.3, 0.4) is 0 Å². The van der Waals surface area contributed by atoms with Crippen LogP contribution in [0.5, 0.6) is 5.75 Å². The second-order valence-corrected chi connectivity index (χ2v) is 8.35. The molecule has 184 valence electrons. The fourth-order valence-corrected chi connectivity index (χ4v) is 3.98. The molecular weight excluding hydrogens is 457 g/mol. The number of benzene rings is 1. The van der Waals surface area contributed by atoms with E-state index in [2.05, 4.69) is 25.7 Å². The van der Waals surface area contributed by atoms with Crippen molar-refractivity contribution in [1.82, 2.24) is 35.4 Å². The van der Waals surface area contributed by atoms with E-state index in [1.165, 1.54) is 24.0 Å². The van der Waals surface area contributed by atoms with Gasteiger partial charge in [0.2, 0.25) is 11.7 Å². The summed E-state index contributed by atoms with van der Waals surface area (Å²) >= 11 is 0. The highest BCUT2D eigenvalue weighted by Crippen LogP contribution is 2.20. The van der Waals surface area contributed by atoms with Crippen molar-refractivity contribution in [2.45, 2.75) is 26.4 Å². The van der Waals surface area contributed by atoms with E-state index in [-0.39, 0.29) is 29.8 Å². The van der Waals surface area contributed by atoms with E-state index in [0.29, 0.717) is 42.3 Å². The Morgan fingerprint density at radius 1 is 1.29 bits per heavy atom. The number of tetrazole rings is 1. The lowest BCUT2D eigenvalue weighted by atomic mass is 10.1. The number of hydrogen-bond acceptors (Lipinski definition) is 8. The van der Waals surface area contributed by atoms with Gasteiger partial charge in [-0.05, 0) is 54.3 Å². The molecule has 3 heterocycles. The van der Waals surface area contributed by atoms with E-state index in [1.807, 2.05) is 0 Å². The number of aryl methyl sites for hydroxylation is 1. The van der Waals surface area contributed by atoms with Gasteiger partial charge in [-0.1, -0.05) is 6.07 Å². The Kier molecular flexibility index (Phi) is 7.30. The van der Waals surface area contributed by atoms with E-state index in [9.17, 15) is 14.0 Å². The molecule has 0 saturated carbocycles. The lowest BCUT2D eigenvalue weighted by molar-refractivity contribution is -0.133. The number of aliphatic hydroxyl groups excluding tert-OH is 1. The molecule has 4 rings (SSSR count). The molecule has 12 heteroatoms. The summed E-state index contributed by atoms with van der Waals surface area (Å²) in [4.78, 5) is 31.8. The van der Waals surface area contributed by atoms with Gasteiger partial charge in [0.25, 0.3) is 5.91 Å². The molecule has 1 fully saturated rings. The van der Waals surface area contributed by atoms with Crippen molar-refractivity contribution in [2.24, 2.45) is 5.92 Å². The van der Waals surface area contributed by atoms with Crippen molar-refractivity contribution in [3.05, 3.63) is 53.1 Å². The van der Waals surface area contributed by atoms with Crippen LogP contribution in [0, 0.1) is 18.7 Å². The van der Waals surface area contributed by atoms with E-state index in [0.717, 1.165) is 6.42 Å². The summed E-state index contributed by atoms with van der Waals surface area (Å²) in [6.45, 7) is 3.06. The summed E-state index contributed by atoms with van der Waals surface area (Å²) in [5.41, 5.74) is 2.09. The molecule has 1 aliphatic rings. The molecule has 35 heavy (non-hydrogen) atoms. The minimum Gasteiger partial charge on any atom is -0.494 e. The summed E-state index contributed by atoms with van der Waals surface area (Å²) < 4.78 is 18.6. The van der Waals surface area contributed by atoms with Crippen molar-refractivity contribution in [2.75, 3.05) is 26.8 Å². The maximum absolute atomic E-state index is 13.6. The van der Waals surface area contributed by atoms with E-state index in [1.54, 1.807) is 30.0 Å². The number of halogens is 1. The Bertz CT molecular complexity index is 1230. The van der Waals surface area contributed by atoms with E-state index in [4.69, 9.17) is 9.84 Å². The Hall–Kier alpha value is -3.93. The van der Waals surface area contributed by atoms with Crippen LogP contribution in [0.25, 0.3) is 11.4 Å². The van der Waals surface area contributed by atoms with Crippen LogP contribution in [0.15, 0.2) is 30.3 Å². The van der Waals surface area contributed by atoms with Gasteiger partial charge >= 0.3 is 0 Å². The molecule has 1 atom stereocenters. The molecule has 0 bridgehead atoms. The highest BCUT2D eigenvalue weighted by atomic mass is 19.1. The van der Waals surface area contributed by atoms with Crippen LogP contribution in [0.2, 0.25) is 0 Å². The number of carbonyl (C=O) groups excluding carboxylic acids is 2. The lowest BCUT2D eigenvalue weighted by Crippen LogP contribution is -2.31. The quantitative estimate of drug-likeness (QED) is 0.484. The molecule has 0 unspecified atom stereocenters. The number of amides is 2. The number of nitrogens with zero attached hydrogens (tertiary/aromatic N) is 6. The highest BCUT2D eigenvalue weighted by Gasteiger charge is 2.26. The minimum atomic E-state index is -0.492. The average Bonchev–Trinajstić information content (AvgIpc) is 3.52. The first-order chi connectivity index (χ1) is 16.9. The Labute approximate surface area is 200 Å². The molecule has 0 spiro atoms. The van der Waals surface area contributed by atoms with Crippen molar-refractivity contribution in [3.8, 4) is 17.1 Å². The van der Waals surface area contributed by atoms with Crippen LogP contribution in [0.1, 0.15) is 28.2 Å². The third-order valence-electron chi connectivity index (χ3n) is 5.76. The number of carbonyl (C=O) groups is 2. The zero-order valence-electron chi connectivity index (χ0n) is 19.4. The second-order valence-electron chi connectivity index (χ2n) is 8.35. The predicted octanol–water partition coefficient (Wildman–Crippen LogP) is 0.962. The third kappa shape index (κ3) is 5.77. The fourth-order valence-electron chi connectivity index (χ4n) is 3.98. The van der Waals surface area contributed by atoms with Crippen LogP contribution in [0.4, 0.5) is 4.39 Å². The first kappa shape index (κ1) is 24.2. The number of ether oxygens (including phenoxy) is 1. The summed E-state index contributed by atoms with van der Waals surface area (Å²) in [7, 11) is 1.38. The van der Waals surface area contributed by atoms with Gasteiger partial charge in [-0.15, -0.1) is 10.2 Å². The predicted molar refractivity (Wildman–Crippen MR) is 122 cm³/mol. The average molecular weight is 484 g/mol. The van der Waals surface area contributed by atoms with Gasteiger partial charge in [0.05, 0.1) is 13.7 Å². The second kappa shape index (κ2) is 10.6. The molecule has 0 aliphatic carbocycles. The SMILES string of the molecule is COc1cc(CNC(=O)c2cc(-c3nnn(C[C@@H]4CCN(C(=O)CO)C4)n3)cc(C)n2)ccc1F. The first-order valence-corrected chi connectivity index (χ1v) is 11.1. The summed E-state index contributed by atoms with van der Waals surface area (Å²) in [5, 5.41) is 24.4. The molecule has 1 saturated heterocycles. The molecule has 2 aromatic heterocycles. The van der Waals surface area contributed by atoms with Gasteiger partial charge in [0.1, 0.15) is 12.3 Å². The number of rotatable bonds is 8. The fraction of sp³-hybridized carbons (Fsp3) is 0.391. The summed E-state index contributed by atoms with van der Waals surface area (Å²) in [6.07, 6.45) is 0.793. The minimum absolute atomic E-state index is 0.104. The van der Waals surface area contributed by atoms with Gasteiger partial charge in [0, 0.05) is 30.9 Å². The molecule has 0 radical (unpaired) electrons. The van der Waals surface area contributed by atoms with Crippen molar-refractivity contribution in [3.63, 3.8) is 0 Å². The van der Waals surface area contributed by atoms with Gasteiger partial charge in [-0.3, -0.25) is 9.59 Å². The van der Waals surface area contributed by atoms with Crippen molar-refractivity contribution >= 4 is 11.8 Å². The van der Waals surface area contributed by atoms with Gasteiger partial charge < -0.3 is 20.1 Å². The molecule has 11 nitrogen and oxygen atoms in total. The standard InChI is InChI=1S/C23H26FN7O4/c1-14-7-17(22-27-29-31(28-22)12-16-5-6-30(11-16)21(33)13-32)9-19(26-14)23(34)25-10-15-3-4-18(24)20(8-15)35-2/h3-4,7-9,16,32H,5-6,10-13H2,1-2H3,(H,25,34)/t16-/m1/s1. The zero-order valence-corrected chi connectivity index (χ0v) is 19.4. The summed E-state index contributed by atoms with van der Waals surface area (Å²) in [6, 6.07) is 7.73. The number of hydrogen-bond donors (Lipinski definition) is 2.